The van der Waals surface area contributed by atoms with Crippen LogP contribution in [0.2, 0.25) is 5.02 Å². The van der Waals surface area contributed by atoms with E-state index < -0.39 is 0 Å². The first-order valence-electron chi connectivity index (χ1n) is 4.87. The lowest BCUT2D eigenvalue weighted by atomic mass is 10.2. The molecule has 0 saturated heterocycles. The van der Waals surface area contributed by atoms with E-state index in [4.69, 9.17) is 16.3 Å². The molecule has 1 aromatic carbocycles. The van der Waals surface area contributed by atoms with Crippen LogP contribution in [-0.2, 0) is 4.74 Å². The molecule has 2 nitrogen and oxygen atoms in total. The van der Waals surface area contributed by atoms with Crippen molar-refractivity contribution in [3.63, 3.8) is 0 Å². The first-order chi connectivity index (χ1) is 7.25. The molecular weight excluding hydrogens is 212 g/mol. The zero-order valence-corrected chi connectivity index (χ0v) is 8.91. The van der Waals surface area contributed by atoms with E-state index >= 15 is 0 Å². The molecule has 0 bridgehead atoms. The summed E-state index contributed by atoms with van der Waals surface area (Å²) >= 11 is 5.72. The molecule has 0 spiro atoms. The third-order valence-corrected chi connectivity index (χ3v) is 2.57. The standard InChI is InChI=1S/C12H11ClO2/c13-10-7-5-9(6-8-10)12(14)15-11-3-1-2-4-11/h1-2,5-8,11H,3-4H2. The molecule has 2 rings (SSSR count). The highest BCUT2D eigenvalue weighted by atomic mass is 35.5. The van der Waals surface area contributed by atoms with Gasteiger partial charge in [0.15, 0.2) is 0 Å². The summed E-state index contributed by atoms with van der Waals surface area (Å²) in [5.41, 5.74) is 0.548. The van der Waals surface area contributed by atoms with Crippen LogP contribution in [0.5, 0.6) is 0 Å². The van der Waals surface area contributed by atoms with Crippen LogP contribution >= 0.6 is 11.6 Å². The van der Waals surface area contributed by atoms with Gasteiger partial charge in [-0.05, 0) is 24.3 Å². The number of benzene rings is 1. The number of carbonyl (C=O) groups excluding carboxylic acids is 1. The summed E-state index contributed by atoms with van der Waals surface area (Å²) in [6.07, 6.45) is 5.70. The van der Waals surface area contributed by atoms with Gasteiger partial charge in [0.05, 0.1) is 5.56 Å². The molecule has 3 heteroatoms. The first kappa shape index (κ1) is 10.2. The van der Waals surface area contributed by atoms with Gasteiger partial charge in [-0.15, -0.1) is 0 Å². The Balaban J connectivity index is 1.98. The van der Waals surface area contributed by atoms with Crippen molar-refractivity contribution < 1.29 is 9.53 Å². The molecule has 1 aliphatic rings. The molecule has 15 heavy (non-hydrogen) atoms. The lowest BCUT2D eigenvalue weighted by molar-refractivity contribution is 0.0330. The number of carbonyl (C=O) groups is 1. The van der Waals surface area contributed by atoms with Gasteiger partial charge in [0.2, 0.25) is 0 Å². The number of hydrogen-bond acceptors (Lipinski definition) is 2. The molecule has 1 aliphatic carbocycles. The maximum absolute atomic E-state index is 11.6. The molecule has 0 unspecified atom stereocenters. The topological polar surface area (TPSA) is 26.3 Å². The summed E-state index contributed by atoms with van der Waals surface area (Å²) in [5.74, 6) is -0.277. The lowest BCUT2D eigenvalue weighted by Gasteiger charge is -2.11. The minimum atomic E-state index is -0.277. The Labute approximate surface area is 93.5 Å². The van der Waals surface area contributed by atoms with Crippen LogP contribution in [0.4, 0.5) is 0 Å². The van der Waals surface area contributed by atoms with Crippen LogP contribution in [0.1, 0.15) is 23.2 Å². The summed E-state index contributed by atoms with van der Waals surface area (Å²) in [7, 11) is 0. The molecule has 0 fully saturated rings. The first-order valence-corrected chi connectivity index (χ1v) is 5.25. The van der Waals surface area contributed by atoms with Crippen molar-refractivity contribution in [2.45, 2.75) is 18.9 Å². The minimum Gasteiger partial charge on any atom is -0.458 e. The number of hydrogen-bond donors (Lipinski definition) is 0. The van der Waals surface area contributed by atoms with Gasteiger partial charge >= 0.3 is 5.97 Å². The summed E-state index contributed by atoms with van der Waals surface area (Å²) < 4.78 is 5.29. The van der Waals surface area contributed by atoms with Gasteiger partial charge in [0, 0.05) is 17.9 Å². The average Bonchev–Trinajstić information content (AvgIpc) is 2.71. The molecule has 0 aromatic heterocycles. The Bertz CT molecular complexity index is 373. The Hall–Kier alpha value is -1.28. The summed E-state index contributed by atoms with van der Waals surface area (Å²) in [4.78, 5) is 11.6. The summed E-state index contributed by atoms with van der Waals surface area (Å²) in [6.45, 7) is 0. The third-order valence-electron chi connectivity index (χ3n) is 2.32. The van der Waals surface area contributed by atoms with Gasteiger partial charge < -0.3 is 4.74 Å². The second-order valence-electron chi connectivity index (χ2n) is 3.48. The van der Waals surface area contributed by atoms with Crippen molar-refractivity contribution in [1.29, 1.82) is 0 Å². The highest BCUT2D eigenvalue weighted by molar-refractivity contribution is 6.30. The van der Waals surface area contributed by atoms with Crippen LogP contribution in [0.3, 0.4) is 0 Å². The van der Waals surface area contributed by atoms with Crippen molar-refractivity contribution in [3.05, 3.63) is 47.0 Å². The molecule has 0 amide bonds. The molecule has 0 heterocycles. The minimum absolute atomic E-state index is 0.00757. The molecule has 0 atom stereocenters. The van der Waals surface area contributed by atoms with Crippen LogP contribution in [-0.4, -0.2) is 12.1 Å². The average molecular weight is 223 g/mol. The zero-order chi connectivity index (χ0) is 10.7. The second-order valence-corrected chi connectivity index (χ2v) is 3.91. The number of halogens is 1. The van der Waals surface area contributed by atoms with Gasteiger partial charge in [-0.1, -0.05) is 23.8 Å². The molecule has 0 radical (unpaired) electrons. The van der Waals surface area contributed by atoms with Gasteiger partial charge in [0.1, 0.15) is 6.10 Å². The number of esters is 1. The summed E-state index contributed by atoms with van der Waals surface area (Å²) in [5, 5.41) is 0.620. The number of ether oxygens (including phenoxy) is 1. The molecular formula is C12H11ClO2. The van der Waals surface area contributed by atoms with E-state index in [1.54, 1.807) is 24.3 Å². The normalized spacial score (nSPS) is 15.5. The van der Waals surface area contributed by atoms with E-state index in [-0.39, 0.29) is 12.1 Å². The maximum Gasteiger partial charge on any atom is 0.338 e. The van der Waals surface area contributed by atoms with Crippen LogP contribution in [0.25, 0.3) is 0 Å². The van der Waals surface area contributed by atoms with Gasteiger partial charge in [-0.2, -0.15) is 0 Å². The smallest absolute Gasteiger partial charge is 0.338 e. The van der Waals surface area contributed by atoms with Crippen molar-refractivity contribution in [3.8, 4) is 0 Å². The van der Waals surface area contributed by atoms with Gasteiger partial charge in [-0.3, -0.25) is 0 Å². The van der Waals surface area contributed by atoms with Crippen LogP contribution < -0.4 is 0 Å². The molecule has 0 N–H and O–H groups in total. The van der Waals surface area contributed by atoms with Crippen molar-refractivity contribution >= 4 is 17.6 Å². The van der Waals surface area contributed by atoms with Gasteiger partial charge in [-0.25, -0.2) is 4.79 Å². The fourth-order valence-corrected chi connectivity index (χ4v) is 1.62. The zero-order valence-electron chi connectivity index (χ0n) is 8.15. The van der Waals surface area contributed by atoms with Crippen LogP contribution in [0, 0.1) is 0 Å². The monoisotopic (exact) mass is 222 g/mol. The fourth-order valence-electron chi connectivity index (χ4n) is 1.49. The van der Waals surface area contributed by atoms with E-state index in [0.29, 0.717) is 10.6 Å². The Kier molecular flexibility index (Phi) is 3.07. The highest BCUT2D eigenvalue weighted by Crippen LogP contribution is 2.16. The Morgan fingerprint density at radius 1 is 1.20 bits per heavy atom. The Morgan fingerprint density at radius 3 is 2.40 bits per heavy atom. The van der Waals surface area contributed by atoms with E-state index in [2.05, 4.69) is 0 Å². The molecule has 0 saturated carbocycles. The van der Waals surface area contributed by atoms with Crippen LogP contribution in [0.15, 0.2) is 36.4 Å². The van der Waals surface area contributed by atoms with Crippen molar-refractivity contribution in [1.82, 2.24) is 0 Å². The summed E-state index contributed by atoms with van der Waals surface area (Å²) in [6, 6.07) is 6.72. The van der Waals surface area contributed by atoms with Gasteiger partial charge in [0.25, 0.3) is 0 Å². The van der Waals surface area contributed by atoms with E-state index in [0.717, 1.165) is 12.8 Å². The molecule has 0 aliphatic heterocycles. The van der Waals surface area contributed by atoms with E-state index in [9.17, 15) is 4.79 Å². The fraction of sp³-hybridized carbons (Fsp3) is 0.250. The van der Waals surface area contributed by atoms with Crippen molar-refractivity contribution in [2.24, 2.45) is 0 Å². The van der Waals surface area contributed by atoms with E-state index in [1.807, 2.05) is 12.2 Å². The quantitative estimate of drug-likeness (QED) is 0.567. The Morgan fingerprint density at radius 2 is 1.80 bits per heavy atom. The van der Waals surface area contributed by atoms with Crippen molar-refractivity contribution in [2.75, 3.05) is 0 Å². The largest absolute Gasteiger partial charge is 0.458 e. The molecule has 1 aromatic rings. The highest BCUT2D eigenvalue weighted by Gasteiger charge is 2.16. The lowest BCUT2D eigenvalue weighted by Crippen LogP contribution is -2.14. The SMILES string of the molecule is O=C(OC1CC=CC1)c1ccc(Cl)cc1. The second kappa shape index (κ2) is 4.49. The number of rotatable bonds is 2. The molecule has 78 valence electrons. The maximum atomic E-state index is 11.6. The van der Waals surface area contributed by atoms with E-state index in [1.165, 1.54) is 0 Å². The third kappa shape index (κ3) is 2.60. The predicted molar refractivity (Wildman–Crippen MR) is 59.0 cm³/mol. The predicted octanol–water partition coefficient (Wildman–Crippen LogP) is 3.22.